The Bertz CT molecular complexity index is 1670. The first-order chi connectivity index (χ1) is 15.7. The average molecular weight is 437 g/mol. The molecule has 5 aromatic heterocycles. The van der Waals surface area contributed by atoms with Crippen molar-refractivity contribution in [1.29, 1.82) is 0 Å². The molecule has 0 fully saturated rings. The van der Waals surface area contributed by atoms with Crippen molar-refractivity contribution in [3.63, 3.8) is 0 Å². The van der Waals surface area contributed by atoms with Crippen LogP contribution < -0.4 is 5.43 Å². The van der Waals surface area contributed by atoms with Gasteiger partial charge in [-0.15, -0.1) is 11.3 Å². The first-order valence-electron chi connectivity index (χ1n) is 9.88. The smallest absolute Gasteiger partial charge is 0.218 e. The molecule has 0 aliphatic carbocycles. The van der Waals surface area contributed by atoms with Gasteiger partial charge in [-0.2, -0.15) is 5.10 Å². The van der Waals surface area contributed by atoms with E-state index in [4.69, 9.17) is 9.97 Å². The van der Waals surface area contributed by atoms with Crippen LogP contribution in [0.5, 0.6) is 0 Å². The zero-order chi connectivity index (χ0) is 21.7. The van der Waals surface area contributed by atoms with Gasteiger partial charge in [0, 0.05) is 35.7 Å². The maximum absolute atomic E-state index is 13.3. The van der Waals surface area contributed by atoms with E-state index in [9.17, 15) is 4.79 Å². The van der Waals surface area contributed by atoms with Crippen LogP contribution in [0.25, 0.3) is 55.2 Å². The molecule has 0 saturated carbocycles. The van der Waals surface area contributed by atoms with E-state index < -0.39 is 0 Å². The Morgan fingerprint density at radius 2 is 1.94 bits per heavy atom. The number of pyridine rings is 2. The number of H-pyrrole nitrogens is 2. The number of aromatic nitrogens is 7. The summed E-state index contributed by atoms with van der Waals surface area (Å²) in [5, 5.41) is 8.69. The third-order valence-electron chi connectivity index (χ3n) is 5.23. The molecular formula is C23H15N7OS. The molecule has 6 aromatic rings. The van der Waals surface area contributed by atoms with Gasteiger partial charge in [-0.25, -0.2) is 15.0 Å². The van der Waals surface area contributed by atoms with Gasteiger partial charge in [-0.1, -0.05) is 12.1 Å². The standard InChI is InChI=1S/C23H15N7OS/c1-12-25-11-18(32-12)20-19(14-4-5-16-13(9-14)3-2-7-24-16)28-21-22(31)15(10-26-23(21)29-20)17-6-8-27-30-17/h2-11H,1H3,(H,27,30)(H,26,29,31). The minimum absolute atomic E-state index is 0.216. The van der Waals surface area contributed by atoms with Gasteiger partial charge in [0.15, 0.2) is 11.2 Å². The van der Waals surface area contributed by atoms with Crippen LogP contribution in [-0.4, -0.2) is 35.1 Å². The highest BCUT2D eigenvalue weighted by molar-refractivity contribution is 7.15. The summed E-state index contributed by atoms with van der Waals surface area (Å²) < 4.78 is 0. The molecule has 0 saturated heterocycles. The zero-order valence-corrected chi connectivity index (χ0v) is 17.6. The minimum Gasteiger partial charge on any atom is -0.344 e. The Morgan fingerprint density at radius 1 is 1.00 bits per heavy atom. The average Bonchev–Trinajstić information content (AvgIpc) is 3.50. The number of nitrogens with one attached hydrogen (secondary N) is 2. The van der Waals surface area contributed by atoms with Crippen LogP contribution in [-0.2, 0) is 0 Å². The summed E-state index contributed by atoms with van der Waals surface area (Å²) in [6.45, 7) is 1.95. The molecule has 0 unspecified atom stereocenters. The number of aromatic amines is 2. The third-order valence-corrected chi connectivity index (χ3v) is 6.15. The maximum atomic E-state index is 13.3. The van der Waals surface area contributed by atoms with Crippen molar-refractivity contribution in [3.8, 4) is 33.1 Å². The molecule has 0 radical (unpaired) electrons. The van der Waals surface area contributed by atoms with Gasteiger partial charge >= 0.3 is 0 Å². The molecule has 0 atom stereocenters. The second-order valence-electron chi connectivity index (χ2n) is 7.27. The molecule has 8 nitrogen and oxygen atoms in total. The van der Waals surface area contributed by atoms with Crippen molar-refractivity contribution in [2.24, 2.45) is 0 Å². The van der Waals surface area contributed by atoms with E-state index in [-0.39, 0.29) is 10.9 Å². The van der Waals surface area contributed by atoms with Crippen LogP contribution in [0, 0.1) is 6.92 Å². The number of hydrogen-bond acceptors (Lipinski definition) is 7. The highest BCUT2D eigenvalue weighted by atomic mass is 32.1. The van der Waals surface area contributed by atoms with Crippen molar-refractivity contribution in [2.45, 2.75) is 6.92 Å². The van der Waals surface area contributed by atoms with E-state index in [1.807, 2.05) is 37.3 Å². The Hall–Kier alpha value is -4.24. The van der Waals surface area contributed by atoms with Gasteiger partial charge in [0.1, 0.15) is 5.69 Å². The fourth-order valence-electron chi connectivity index (χ4n) is 3.70. The number of fused-ring (bicyclic) bond motifs is 2. The summed E-state index contributed by atoms with van der Waals surface area (Å²) in [5.41, 5.74) is 4.59. The molecule has 1 aromatic carbocycles. The molecule has 0 aliphatic rings. The summed E-state index contributed by atoms with van der Waals surface area (Å²) in [6, 6.07) is 11.6. The number of nitrogens with zero attached hydrogens (tertiary/aromatic N) is 5. The van der Waals surface area contributed by atoms with E-state index in [0.717, 1.165) is 26.4 Å². The first-order valence-corrected chi connectivity index (χ1v) is 10.7. The van der Waals surface area contributed by atoms with Crippen molar-refractivity contribution in [3.05, 3.63) is 76.4 Å². The topological polar surface area (TPSA) is 113 Å². The van der Waals surface area contributed by atoms with Gasteiger partial charge in [0.25, 0.3) is 0 Å². The molecule has 0 aliphatic heterocycles. The lowest BCUT2D eigenvalue weighted by Gasteiger charge is -2.10. The molecule has 154 valence electrons. The lowest BCUT2D eigenvalue weighted by molar-refractivity contribution is 1.09. The van der Waals surface area contributed by atoms with E-state index in [0.29, 0.717) is 28.3 Å². The molecule has 0 amide bonds. The van der Waals surface area contributed by atoms with Crippen LogP contribution in [0.3, 0.4) is 0 Å². The minimum atomic E-state index is -0.216. The summed E-state index contributed by atoms with van der Waals surface area (Å²) in [4.78, 5) is 35.7. The third kappa shape index (κ3) is 2.98. The van der Waals surface area contributed by atoms with Gasteiger partial charge in [0.05, 0.1) is 32.4 Å². The normalized spacial score (nSPS) is 11.4. The summed E-state index contributed by atoms with van der Waals surface area (Å²) in [6.07, 6.45) is 6.79. The summed E-state index contributed by atoms with van der Waals surface area (Å²) in [7, 11) is 0. The molecule has 9 heteroatoms. The van der Waals surface area contributed by atoms with Crippen LogP contribution in [0.2, 0.25) is 0 Å². The monoisotopic (exact) mass is 437 g/mol. The molecule has 2 N–H and O–H groups in total. The molecule has 32 heavy (non-hydrogen) atoms. The van der Waals surface area contributed by atoms with Crippen LogP contribution in [0.4, 0.5) is 0 Å². The largest absolute Gasteiger partial charge is 0.344 e. The molecule has 0 bridgehead atoms. The number of aryl methyl sites for hydroxylation is 1. The van der Waals surface area contributed by atoms with Crippen LogP contribution in [0.1, 0.15) is 5.01 Å². The van der Waals surface area contributed by atoms with Crippen molar-refractivity contribution in [1.82, 2.24) is 35.1 Å². The predicted molar refractivity (Wildman–Crippen MR) is 124 cm³/mol. The van der Waals surface area contributed by atoms with Crippen LogP contribution in [0.15, 0.2) is 66.0 Å². The van der Waals surface area contributed by atoms with Crippen molar-refractivity contribution < 1.29 is 0 Å². The Labute approximate surface area is 185 Å². The summed E-state index contributed by atoms with van der Waals surface area (Å²) >= 11 is 1.54. The second-order valence-corrected chi connectivity index (χ2v) is 8.51. The van der Waals surface area contributed by atoms with E-state index in [2.05, 4.69) is 25.1 Å². The SMILES string of the molecule is Cc1ncc(-c2nc3[nH]cc(-c4ccn[nH]4)c(=O)c3nc2-c2ccc3ncccc3c2)s1. The van der Waals surface area contributed by atoms with Gasteiger partial charge in [-0.05, 0) is 31.2 Å². The molecule has 5 heterocycles. The highest BCUT2D eigenvalue weighted by Crippen LogP contribution is 2.34. The number of rotatable bonds is 3. The molecular weight excluding hydrogens is 422 g/mol. The quantitative estimate of drug-likeness (QED) is 0.425. The van der Waals surface area contributed by atoms with Crippen molar-refractivity contribution >= 4 is 33.4 Å². The zero-order valence-electron chi connectivity index (χ0n) is 16.8. The summed E-state index contributed by atoms with van der Waals surface area (Å²) in [5.74, 6) is 0. The van der Waals surface area contributed by atoms with Crippen LogP contribution >= 0.6 is 11.3 Å². The van der Waals surface area contributed by atoms with Gasteiger partial charge in [0.2, 0.25) is 5.43 Å². The Balaban J connectivity index is 1.66. The number of hydrogen-bond donors (Lipinski definition) is 2. The Morgan fingerprint density at radius 3 is 2.75 bits per heavy atom. The van der Waals surface area contributed by atoms with Gasteiger partial charge < -0.3 is 4.98 Å². The number of benzene rings is 1. The fraction of sp³-hybridized carbons (Fsp3) is 0.0435. The predicted octanol–water partition coefficient (Wildman–Crippen LogP) is 4.36. The maximum Gasteiger partial charge on any atom is 0.218 e. The fourth-order valence-corrected chi connectivity index (χ4v) is 4.47. The lowest BCUT2D eigenvalue weighted by atomic mass is 10.1. The van der Waals surface area contributed by atoms with E-state index in [1.165, 1.54) is 11.3 Å². The lowest BCUT2D eigenvalue weighted by Crippen LogP contribution is -2.11. The molecule has 6 rings (SSSR count). The number of thiazole rings is 1. The first kappa shape index (κ1) is 18.5. The highest BCUT2D eigenvalue weighted by Gasteiger charge is 2.19. The van der Waals surface area contributed by atoms with E-state index >= 15 is 0 Å². The second kappa shape index (κ2) is 7.17. The Kier molecular flexibility index (Phi) is 4.15. The van der Waals surface area contributed by atoms with Crippen molar-refractivity contribution in [2.75, 3.05) is 0 Å². The van der Waals surface area contributed by atoms with Gasteiger partial charge in [-0.3, -0.25) is 14.9 Å². The molecule has 0 spiro atoms. The van der Waals surface area contributed by atoms with E-state index in [1.54, 1.807) is 30.9 Å².